The topological polar surface area (TPSA) is 108 Å². The number of ether oxygens (including phenoxy) is 3. The summed E-state index contributed by atoms with van der Waals surface area (Å²) in [7, 11) is 0. The van der Waals surface area contributed by atoms with E-state index in [4.69, 9.17) is 37.9 Å². The summed E-state index contributed by atoms with van der Waals surface area (Å²) in [4.78, 5) is 0.151. The highest BCUT2D eigenvalue weighted by Crippen LogP contribution is 2.37. The maximum absolute atomic E-state index is 6.28. The van der Waals surface area contributed by atoms with E-state index in [0.29, 0.717) is 43.3 Å². The fourth-order valence-electron chi connectivity index (χ4n) is 3.67. The van der Waals surface area contributed by atoms with E-state index >= 15 is 0 Å². The van der Waals surface area contributed by atoms with Crippen molar-refractivity contribution in [1.29, 1.82) is 0 Å². The molecule has 0 spiro atoms. The minimum Gasteiger partial charge on any atom is -0.395 e. The van der Waals surface area contributed by atoms with Crippen LogP contribution in [0.4, 0.5) is 5.69 Å². The van der Waals surface area contributed by atoms with Crippen LogP contribution in [0.1, 0.15) is 35.0 Å². The highest BCUT2D eigenvalue weighted by atomic mass is 32.1. The second-order valence-electron chi connectivity index (χ2n) is 7.50. The van der Waals surface area contributed by atoms with Gasteiger partial charge in [-0.2, -0.15) is 5.10 Å². The van der Waals surface area contributed by atoms with Gasteiger partial charge in [0.25, 0.3) is 0 Å². The summed E-state index contributed by atoms with van der Waals surface area (Å²) in [5, 5.41) is 7.07. The Morgan fingerprint density at radius 2 is 1.71 bits per heavy atom. The van der Waals surface area contributed by atoms with E-state index in [9.17, 15) is 0 Å². The van der Waals surface area contributed by atoms with Gasteiger partial charge in [-0.05, 0) is 11.1 Å². The maximum Gasteiger partial charge on any atom is 0.142 e. The molecule has 8 heteroatoms. The Bertz CT molecular complexity index is 997. The third-order valence-corrected chi connectivity index (χ3v) is 5.48. The first-order valence-corrected chi connectivity index (χ1v) is 10.6. The lowest BCUT2D eigenvalue weighted by Gasteiger charge is -2.19. The Hall–Kier alpha value is -2.78. The van der Waals surface area contributed by atoms with Crippen molar-refractivity contribution in [2.45, 2.75) is 37.9 Å². The number of hydrogen-bond acceptors (Lipinski definition) is 6. The molecule has 4 rings (SSSR count). The summed E-state index contributed by atoms with van der Waals surface area (Å²) < 4.78 is 18.4. The largest absolute Gasteiger partial charge is 0.395 e. The summed E-state index contributed by atoms with van der Waals surface area (Å²) in [6.07, 6.45) is -0.0814. The van der Waals surface area contributed by atoms with Crippen LogP contribution >= 0.6 is 12.2 Å². The van der Waals surface area contributed by atoms with Gasteiger partial charge in [0.05, 0.1) is 37.3 Å². The fourth-order valence-corrected chi connectivity index (χ4v) is 3.82. The van der Waals surface area contributed by atoms with E-state index in [1.165, 1.54) is 0 Å². The van der Waals surface area contributed by atoms with Crippen molar-refractivity contribution < 1.29 is 14.2 Å². The number of anilines is 1. The maximum atomic E-state index is 6.28. The number of aromatic amines is 1. The normalized spacial score (nSPS) is 20.7. The Balaban J connectivity index is 1.43. The molecule has 1 aliphatic heterocycles. The Morgan fingerprint density at radius 1 is 1.06 bits per heavy atom. The van der Waals surface area contributed by atoms with E-state index < -0.39 is 0 Å². The van der Waals surface area contributed by atoms with E-state index in [1.54, 1.807) is 0 Å². The molecule has 3 aromatic rings. The number of nitrogens with zero attached hydrogens (tertiary/aromatic N) is 1. The summed E-state index contributed by atoms with van der Waals surface area (Å²) in [5.74, 6) is 0. The van der Waals surface area contributed by atoms with Gasteiger partial charge < -0.3 is 25.7 Å². The minimum atomic E-state index is -0.304. The fraction of sp³-hybridized carbons (Fsp3) is 0.304. The molecule has 1 fully saturated rings. The zero-order valence-corrected chi connectivity index (χ0v) is 17.9. The number of aromatic nitrogens is 2. The number of H-pyrrole nitrogens is 1. The second kappa shape index (κ2) is 10.0. The zero-order valence-electron chi connectivity index (χ0n) is 17.1. The summed E-state index contributed by atoms with van der Waals surface area (Å²) in [6, 6.07) is 20.1. The second-order valence-corrected chi connectivity index (χ2v) is 7.94. The smallest absolute Gasteiger partial charge is 0.142 e. The number of hydrogen-bond donors (Lipinski definition) is 3. The quantitative estimate of drug-likeness (QED) is 0.440. The molecular weight excluding hydrogens is 412 g/mol. The van der Waals surface area contributed by atoms with Crippen molar-refractivity contribution in [3.05, 3.63) is 83.2 Å². The van der Waals surface area contributed by atoms with Crippen LogP contribution in [-0.2, 0) is 27.4 Å². The molecule has 2 heterocycles. The predicted molar refractivity (Wildman–Crippen MR) is 122 cm³/mol. The van der Waals surface area contributed by atoms with Crippen molar-refractivity contribution in [2.24, 2.45) is 5.73 Å². The van der Waals surface area contributed by atoms with Gasteiger partial charge in [0.1, 0.15) is 22.9 Å². The van der Waals surface area contributed by atoms with Crippen LogP contribution in [-0.4, -0.2) is 34.0 Å². The number of nitrogens with one attached hydrogen (secondary N) is 1. The van der Waals surface area contributed by atoms with Crippen molar-refractivity contribution in [3.8, 4) is 0 Å². The van der Waals surface area contributed by atoms with Crippen molar-refractivity contribution in [2.75, 3.05) is 12.3 Å². The standard InChI is InChI=1S/C23H26N4O3S/c24-20-21(26-27-22(20)23(25)31)18-11-17(29-13-16-9-5-2-6-10-16)19(30-18)14-28-12-15-7-3-1-4-8-15/h1-10,17-19H,11-14,24H2,(H2,25,31)(H,26,27)/t17-,18+,19+/m0/s1. The average molecular weight is 439 g/mol. The molecule has 0 radical (unpaired) electrons. The molecule has 31 heavy (non-hydrogen) atoms. The molecule has 162 valence electrons. The van der Waals surface area contributed by atoms with E-state index in [2.05, 4.69) is 10.2 Å². The first-order valence-electron chi connectivity index (χ1n) is 10.2. The first-order chi connectivity index (χ1) is 15.1. The minimum absolute atomic E-state index is 0.151. The summed E-state index contributed by atoms with van der Waals surface area (Å²) in [6.45, 7) is 1.41. The molecule has 3 atom stereocenters. The highest BCUT2D eigenvalue weighted by Gasteiger charge is 2.39. The SMILES string of the molecule is NC(=S)c1n[nH]c([C@H]2C[C@H](OCc3ccccc3)[C@@H](COCc3ccccc3)O2)c1N. The molecule has 5 N–H and O–H groups in total. The van der Waals surface area contributed by atoms with E-state index in [1.807, 2.05) is 60.7 Å². The molecule has 1 aromatic heterocycles. The Kier molecular flexibility index (Phi) is 6.93. The molecular formula is C23H26N4O3S. The number of nitrogens with two attached hydrogens (primary N) is 2. The van der Waals surface area contributed by atoms with Gasteiger partial charge >= 0.3 is 0 Å². The third kappa shape index (κ3) is 5.29. The lowest BCUT2D eigenvalue weighted by molar-refractivity contribution is -0.0719. The molecule has 2 aromatic carbocycles. The summed E-state index contributed by atoms with van der Waals surface area (Å²) in [5.41, 5.74) is 15.6. The van der Waals surface area contributed by atoms with Gasteiger partial charge in [-0.25, -0.2) is 0 Å². The molecule has 0 bridgehead atoms. The van der Waals surface area contributed by atoms with Gasteiger partial charge in [0, 0.05) is 6.42 Å². The number of rotatable bonds is 9. The van der Waals surface area contributed by atoms with Crippen LogP contribution in [0.5, 0.6) is 0 Å². The molecule has 0 amide bonds. The van der Waals surface area contributed by atoms with Gasteiger partial charge in [-0.1, -0.05) is 72.9 Å². The number of thiocarbonyl (C=S) groups is 1. The predicted octanol–water partition coefficient (Wildman–Crippen LogP) is 3.26. The van der Waals surface area contributed by atoms with Crippen LogP contribution in [0.15, 0.2) is 60.7 Å². The Labute approximate surface area is 186 Å². The van der Waals surface area contributed by atoms with E-state index in [0.717, 1.165) is 11.1 Å². The van der Waals surface area contributed by atoms with Gasteiger partial charge in [-0.15, -0.1) is 0 Å². The highest BCUT2D eigenvalue weighted by molar-refractivity contribution is 7.80. The number of benzene rings is 2. The molecule has 1 saturated heterocycles. The van der Waals surface area contributed by atoms with Crippen molar-refractivity contribution >= 4 is 22.9 Å². The van der Waals surface area contributed by atoms with Crippen LogP contribution < -0.4 is 11.5 Å². The Morgan fingerprint density at radius 3 is 2.32 bits per heavy atom. The third-order valence-electron chi connectivity index (χ3n) is 5.29. The lowest BCUT2D eigenvalue weighted by atomic mass is 10.1. The molecule has 7 nitrogen and oxygen atoms in total. The van der Waals surface area contributed by atoms with Crippen LogP contribution in [0, 0.1) is 0 Å². The molecule has 0 saturated carbocycles. The zero-order chi connectivity index (χ0) is 21.6. The number of nitrogen functional groups attached to an aromatic ring is 1. The van der Waals surface area contributed by atoms with E-state index in [-0.39, 0.29) is 23.3 Å². The average Bonchev–Trinajstić information content (AvgIpc) is 3.37. The molecule has 0 unspecified atom stereocenters. The van der Waals surface area contributed by atoms with Crippen LogP contribution in [0.25, 0.3) is 0 Å². The summed E-state index contributed by atoms with van der Waals surface area (Å²) >= 11 is 5.01. The van der Waals surface area contributed by atoms with Crippen LogP contribution in [0.3, 0.4) is 0 Å². The molecule has 1 aliphatic rings. The van der Waals surface area contributed by atoms with Crippen molar-refractivity contribution in [1.82, 2.24) is 10.2 Å². The molecule has 0 aliphatic carbocycles. The monoisotopic (exact) mass is 438 g/mol. The van der Waals surface area contributed by atoms with Crippen molar-refractivity contribution in [3.63, 3.8) is 0 Å². The van der Waals surface area contributed by atoms with Crippen LogP contribution in [0.2, 0.25) is 0 Å². The van der Waals surface area contributed by atoms with Gasteiger partial charge in [0.2, 0.25) is 0 Å². The van der Waals surface area contributed by atoms with Gasteiger partial charge in [-0.3, -0.25) is 5.10 Å². The first kappa shape index (κ1) is 21.5. The lowest BCUT2D eigenvalue weighted by Crippen LogP contribution is -2.29. The van der Waals surface area contributed by atoms with Gasteiger partial charge in [0.15, 0.2) is 0 Å².